The first kappa shape index (κ1) is 13.6. The van der Waals surface area contributed by atoms with Crippen LogP contribution in [0, 0.1) is 0 Å². The van der Waals surface area contributed by atoms with Crippen LogP contribution in [0.25, 0.3) is 0 Å². The maximum atomic E-state index is 12.6. The van der Waals surface area contributed by atoms with Crippen LogP contribution in [-0.2, 0) is 14.3 Å². The molecule has 21 heavy (non-hydrogen) atoms. The smallest absolute Gasteiger partial charge is 0.353 e. The van der Waals surface area contributed by atoms with Gasteiger partial charge in [-0.3, -0.25) is 14.5 Å². The number of likely N-dealkylation sites (N-methyl/N-ethyl adjacent to an activating group) is 1. The molecule has 0 aliphatic carbocycles. The second-order valence-corrected chi connectivity index (χ2v) is 5.15. The van der Waals surface area contributed by atoms with Crippen LogP contribution in [0.1, 0.15) is 30.1 Å². The van der Waals surface area contributed by atoms with Crippen LogP contribution in [0.4, 0.5) is 5.69 Å². The lowest BCUT2D eigenvalue weighted by atomic mass is 9.97. The summed E-state index contributed by atoms with van der Waals surface area (Å²) < 4.78 is 5.14. The molecule has 0 radical (unpaired) electrons. The van der Waals surface area contributed by atoms with Gasteiger partial charge in [-0.1, -0.05) is 12.1 Å². The number of benzene rings is 1. The lowest BCUT2D eigenvalue weighted by Gasteiger charge is -2.46. The van der Waals surface area contributed by atoms with Gasteiger partial charge in [-0.2, -0.15) is 0 Å². The summed E-state index contributed by atoms with van der Waals surface area (Å²) in [6.45, 7) is 1.90. The molecule has 2 heterocycles. The molecule has 110 valence electrons. The van der Waals surface area contributed by atoms with Gasteiger partial charge < -0.3 is 9.64 Å². The van der Waals surface area contributed by atoms with E-state index < -0.39 is 11.6 Å². The maximum absolute atomic E-state index is 12.6. The van der Waals surface area contributed by atoms with Crippen molar-refractivity contribution in [1.82, 2.24) is 4.90 Å². The molecular formula is C15H16N2O4. The standard InChI is InChI=1S/C15H16N2O4/c1-3-21-14(20)15-9-8-12(18)17(15)11-7-5-4-6-10(11)13(19)16(15)2/h4-7H,3,8-9H2,1-2H3/t15-/m0/s1. The zero-order valence-corrected chi connectivity index (χ0v) is 12.0. The summed E-state index contributed by atoms with van der Waals surface area (Å²) in [6.07, 6.45) is 0.464. The van der Waals surface area contributed by atoms with Crippen molar-refractivity contribution in [3.8, 4) is 0 Å². The van der Waals surface area contributed by atoms with Gasteiger partial charge in [0.2, 0.25) is 11.6 Å². The normalized spacial score (nSPS) is 23.9. The average Bonchev–Trinajstić information content (AvgIpc) is 2.84. The number of amides is 2. The van der Waals surface area contributed by atoms with Gasteiger partial charge in [-0.05, 0) is 19.1 Å². The van der Waals surface area contributed by atoms with Crippen molar-refractivity contribution in [3.05, 3.63) is 29.8 Å². The first-order chi connectivity index (χ1) is 10.0. The van der Waals surface area contributed by atoms with E-state index in [4.69, 9.17) is 4.74 Å². The number of ether oxygens (including phenoxy) is 1. The fourth-order valence-corrected chi connectivity index (χ4v) is 3.14. The van der Waals surface area contributed by atoms with Crippen molar-refractivity contribution in [1.29, 1.82) is 0 Å². The van der Waals surface area contributed by atoms with Gasteiger partial charge in [0.25, 0.3) is 5.91 Å². The van der Waals surface area contributed by atoms with Gasteiger partial charge in [0.05, 0.1) is 17.9 Å². The molecule has 2 amide bonds. The molecule has 0 N–H and O–H groups in total. The van der Waals surface area contributed by atoms with Crippen LogP contribution >= 0.6 is 0 Å². The van der Waals surface area contributed by atoms with Crippen LogP contribution in [0.3, 0.4) is 0 Å². The Morgan fingerprint density at radius 2 is 2.05 bits per heavy atom. The molecule has 1 aromatic carbocycles. The van der Waals surface area contributed by atoms with E-state index in [1.54, 1.807) is 38.2 Å². The number of carbonyl (C=O) groups excluding carboxylic acids is 3. The zero-order valence-electron chi connectivity index (χ0n) is 12.0. The van der Waals surface area contributed by atoms with Crippen molar-refractivity contribution in [2.45, 2.75) is 25.4 Å². The molecule has 0 saturated carbocycles. The van der Waals surface area contributed by atoms with Gasteiger partial charge in [-0.25, -0.2) is 4.79 Å². The molecule has 0 bridgehead atoms. The highest BCUT2D eigenvalue weighted by atomic mass is 16.5. The van der Waals surface area contributed by atoms with Gasteiger partial charge >= 0.3 is 5.97 Å². The Balaban J connectivity index is 2.22. The Hall–Kier alpha value is -2.37. The summed E-state index contributed by atoms with van der Waals surface area (Å²) in [4.78, 5) is 40.1. The van der Waals surface area contributed by atoms with E-state index in [0.717, 1.165) is 0 Å². The molecule has 2 aliphatic heterocycles. The number of carbonyl (C=O) groups is 3. The van der Waals surface area contributed by atoms with Gasteiger partial charge in [-0.15, -0.1) is 0 Å². The molecule has 0 aromatic heterocycles. The number of hydrogen-bond acceptors (Lipinski definition) is 4. The highest BCUT2D eigenvalue weighted by Gasteiger charge is 2.60. The molecule has 2 aliphatic rings. The van der Waals surface area contributed by atoms with Crippen LogP contribution in [0.5, 0.6) is 0 Å². The largest absolute Gasteiger partial charge is 0.463 e. The number of rotatable bonds is 2. The number of hydrogen-bond donors (Lipinski definition) is 0. The Morgan fingerprint density at radius 3 is 2.76 bits per heavy atom. The predicted octanol–water partition coefficient (Wildman–Crippen LogP) is 1.16. The minimum Gasteiger partial charge on any atom is -0.463 e. The van der Waals surface area contributed by atoms with Crippen LogP contribution in [0.15, 0.2) is 24.3 Å². The Kier molecular flexibility index (Phi) is 2.97. The summed E-state index contributed by atoms with van der Waals surface area (Å²) >= 11 is 0. The molecular weight excluding hydrogens is 272 g/mol. The minimum atomic E-state index is -1.35. The maximum Gasteiger partial charge on any atom is 0.353 e. The van der Waals surface area contributed by atoms with Crippen LogP contribution in [-0.4, -0.2) is 42.0 Å². The fraction of sp³-hybridized carbons (Fsp3) is 0.400. The molecule has 1 atom stereocenters. The average molecular weight is 288 g/mol. The van der Waals surface area contributed by atoms with E-state index in [1.165, 1.54) is 9.80 Å². The highest BCUT2D eigenvalue weighted by molar-refractivity contribution is 6.15. The molecule has 3 rings (SSSR count). The summed E-state index contributed by atoms with van der Waals surface area (Å²) in [6, 6.07) is 6.84. The minimum absolute atomic E-state index is 0.171. The number of nitrogens with zero attached hydrogens (tertiary/aromatic N) is 2. The second kappa shape index (κ2) is 4.58. The molecule has 0 spiro atoms. The molecule has 1 fully saturated rings. The third kappa shape index (κ3) is 1.62. The van der Waals surface area contributed by atoms with E-state index in [0.29, 0.717) is 11.3 Å². The van der Waals surface area contributed by atoms with Crippen LogP contribution in [0.2, 0.25) is 0 Å². The second-order valence-electron chi connectivity index (χ2n) is 5.15. The zero-order chi connectivity index (χ0) is 15.2. The Bertz CT molecular complexity index is 642. The topological polar surface area (TPSA) is 66.9 Å². The van der Waals surface area contributed by atoms with Gasteiger partial charge in [0, 0.05) is 19.9 Å². The monoisotopic (exact) mass is 288 g/mol. The van der Waals surface area contributed by atoms with E-state index in [-0.39, 0.29) is 31.3 Å². The SMILES string of the molecule is CCOC(=O)[C@]12CCC(=O)N1c1ccccc1C(=O)N2C. The molecule has 1 saturated heterocycles. The molecule has 6 nitrogen and oxygen atoms in total. The van der Waals surface area contributed by atoms with E-state index in [1.807, 2.05) is 0 Å². The van der Waals surface area contributed by atoms with E-state index in [2.05, 4.69) is 0 Å². The Labute approximate surface area is 122 Å². The highest BCUT2D eigenvalue weighted by Crippen LogP contribution is 2.44. The Morgan fingerprint density at radius 1 is 1.33 bits per heavy atom. The fourth-order valence-electron chi connectivity index (χ4n) is 3.14. The molecule has 0 unspecified atom stereocenters. The third-order valence-electron chi connectivity index (χ3n) is 4.14. The van der Waals surface area contributed by atoms with Crippen LogP contribution < -0.4 is 4.90 Å². The van der Waals surface area contributed by atoms with Crippen molar-refractivity contribution >= 4 is 23.5 Å². The van der Waals surface area contributed by atoms with Gasteiger partial charge in [0.15, 0.2) is 0 Å². The van der Waals surface area contributed by atoms with Gasteiger partial charge in [0.1, 0.15) is 0 Å². The van der Waals surface area contributed by atoms with Crippen molar-refractivity contribution in [2.24, 2.45) is 0 Å². The summed E-state index contributed by atoms with van der Waals surface area (Å²) in [5.41, 5.74) is -0.440. The first-order valence-electron chi connectivity index (χ1n) is 6.91. The summed E-state index contributed by atoms with van der Waals surface area (Å²) in [7, 11) is 1.54. The third-order valence-corrected chi connectivity index (χ3v) is 4.14. The quantitative estimate of drug-likeness (QED) is 0.766. The van der Waals surface area contributed by atoms with E-state index >= 15 is 0 Å². The summed E-state index contributed by atoms with van der Waals surface area (Å²) in [5, 5.41) is 0. The van der Waals surface area contributed by atoms with Crippen molar-refractivity contribution in [3.63, 3.8) is 0 Å². The number of para-hydroxylation sites is 1. The number of anilines is 1. The predicted molar refractivity (Wildman–Crippen MR) is 74.6 cm³/mol. The first-order valence-corrected chi connectivity index (χ1v) is 6.91. The van der Waals surface area contributed by atoms with E-state index in [9.17, 15) is 14.4 Å². The lowest BCUT2D eigenvalue weighted by Crippen LogP contribution is -2.67. The number of esters is 1. The molecule has 1 aromatic rings. The lowest BCUT2D eigenvalue weighted by molar-refractivity contribution is -0.155. The van der Waals surface area contributed by atoms with Crippen molar-refractivity contribution < 1.29 is 19.1 Å². The number of fused-ring (bicyclic) bond motifs is 3. The molecule has 6 heteroatoms. The summed E-state index contributed by atoms with van der Waals surface area (Å²) in [5.74, 6) is -0.999. The van der Waals surface area contributed by atoms with Crippen molar-refractivity contribution in [2.75, 3.05) is 18.6 Å².